The minimum Gasteiger partial charge on any atom is -0.371 e. The first-order valence-electron chi connectivity index (χ1n) is 12.9. The molecule has 9 heteroatoms. The lowest BCUT2D eigenvalue weighted by Crippen LogP contribution is -2.46. The number of amides is 1. The smallest absolute Gasteiger partial charge is 0.264 e. The maximum atomic E-state index is 12.9. The number of hydrogen-bond acceptors (Lipinski definition) is 7. The van der Waals surface area contributed by atoms with Crippen molar-refractivity contribution in [2.75, 3.05) is 50.7 Å². The second kappa shape index (κ2) is 11.8. The number of benzene rings is 1. The van der Waals surface area contributed by atoms with Gasteiger partial charge in [0.1, 0.15) is 5.78 Å². The molecule has 0 spiro atoms. The molecule has 2 saturated heterocycles. The van der Waals surface area contributed by atoms with Gasteiger partial charge in [-0.05, 0) is 43.1 Å². The molecule has 0 aromatic heterocycles. The molecule has 1 N–H and O–H groups in total. The Kier molecular flexibility index (Phi) is 9.34. The molecule has 196 valence electrons. The van der Waals surface area contributed by atoms with E-state index in [1.54, 1.807) is 26.0 Å². The van der Waals surface area contributed by atoms with Crippen molar-refractivity contribution in [2.45, 2.75) is 58.9 Å². The van der Waals surface area contributed by atoms with Gasteiger partial charge in [-0.3, -0.25) is 14.5 Å². The molecule has 2 aliphatic heterocycles. The summed E-state index contributed by atoms with van der Waals surface area (Å²) in [7, 11) is -3.95. The molecule has 0 atom stereocenters. The number of sulfonamides is 1. The van der Waals surface area contributed by atoms with Crippen LogP contribution in [0.15, 0.2) is 23.1 Å². The van der Waals surface area contributed by atoms with Gasteiger partial charge >= 0.3 is 0 Å². The monoisotopic (exact) mass is 506 g/mol. The normalized spacial score (nSPS) is 18.9. The molecule has 2 fully saturated rings. The molecule has 3 rings (SSSR count). The van der Waals surface area contributed by atoms with Crippen LogP contribution < -0.4 is 9.62 Å². The van der Waals surface area contributed by atoms with Crippen LogP contribution in [0.1, 0.15) is 53.0 Å². The number of Topliss-reactive ketones (excluding diaryl/α,β-unsaturated/α-hetero) is 1. The van der Waals surface area contributed by atoms with Crippen LogP contribution >= 0.6 is 0 Å². The summed E-state index contributed by atoms with van der Waals surface area (Å²) in [6.45, 7) is 16.5. The summed E-state index contributed by atoms with van der Waals surface area (Å²) >= 11 is 0. The van der Waals surface area contributed by atoms with E-state index < -0.39 is 21.8 Å². The van der Waals surface area contributed by atoms with Gasteiger partial charge in [0.2, 0.25) is 5.91 Å². The molecule has 2 aliphatic rings. The maximum absolute atomic E-state index is 12.9. The van der Waals surface area contributed by atoms with Crippen LogP contribution in [0, 0.1) is 17.8 Å². The van der Waals surface area contributed by atoms with Crippen molar-refractivity contribution < 1.29 is 18.0 Å². The number of carbonyl (C=O) groups excluding carboxylic acids is 2. The second-order valence-corrected chi connectivity index (χ2v) is 12.1. The number of ketones is 1. The van der Waals surface area contributed by atoms with Gasteiger partial charge in [-0.15, -0.1) is 0 Å². The lowest BCUT2D eigenvalue weighted by molar-refractivity contribution is -0.126. The average Bonchev–Trinajstić information content (AvgIpc) is 2.83. The number of piperidine rings is 1. The molecule has 0 aliphatic carbocycles. The van der Waals surface area contributed by atoms with Crippen LogP contribution in [0.5, 0.6) is 0 Å². The van der Waals surface area contributed by atoms with Crippen molar-refractivity contribution in [1.82, 2.24) is 14.5 Å². The van der Waals surface area contributed by atoms with Crippen molar-refractivity contribution in [3.63, 3.8) is 0 Å². The summed E-state index contributed by atoms with van der Waals surface area (Å²) in [5.41, 5.74) is 1.97. The topological polar surface area (TPSA) is 90.0 Å². The van der Waals surface area contributed by atoms with Gasteiger partial charge in [0.05, 0.1) is 4.90 Å². The summed E-state index contributed by atoms with van der Waals surface area (Å²) in [5, 5.41) is 0. The summed E-state index contributed by atoms with van der Waals surface area (Å²) in [6.07, 6.45) is 1.63. The number of nitrogens with one attached hydrogen (secondary N) is 1. The van der Waals surface area contributed by atoms with E-state index >= 15 is 0 Å². The van der Waals surface area contributed by atoms with Crippen molar-refractivity contribution in [2.24, 2.45) is 17.8 Å². The number of carbonyl (C=O) groups is 2. The molecule has 1 aromatic rings. The van der Waals surface area contributed by atoms with Gasteiger partial charge in [-0.1, -0.05) is 34.6 Å². The molecule has 1 aromatic carbocycles. The Bertz CT molecular complexity index is 993. The van der Waals surface area contributed by atoms with Crippen LogP contribution in [0.3, 0.4) is 0 Å². The van der Waals surface area contributed by atoms with Crippen LogP contribution in [0.2, 0.25) is 0 Å². The highest BCUT2D eigenvalue weighted by molar-refractivity contribution is 7.90. The third-order valence-electron chi connectivity index (χ3n) is 7.23. The highest BCUT2D eigenvalue weighted by atomic mass is 32.2. The first-order valence-corrected chi connectivity index (χ1v) is 14.4. The first-order chi connectivity index (χ1) is 16.5. The molecule has 0 saturated carbocycles. The van der Waals surface area contributed by atoms with E-state index in [2.05, 4.69) is 26.3 Å². The number of nitrogens with zero attached hydrogens (tertiary/aromatic N) is 3. The first kappa shape index (κ1) is 27.6. The van der Waals surface area contributed by atoms with Crippen molar-refractivity contribution >= 4 is 27.4 Å². The fourth-order valence-electron chi connectivity index (χ4n) is 4.85. The van der Waals surface area contributed by atoms with Crippen LogP contribution in [-0.4, -0.2) is 75.7 Å². The zero-order valence-corrected chi connectivity index (χ0v) is 22.7. The van der Waals surface area contributed by atoms with E-state index in [1.165, 1.54) is 0 Å². The lowest BCUT2D eigenvalue weighted by Gasteiger charge is -2.37. The van der Waals surface area contributed by atoms with Gasteiger partial charge in [0, 0.05) is 69.3 Å². The summed E-state index contributed by atoms with van der Waals surface area (Å²) in [6, 6.07) is 5.19. The highest BCUT2D eigenvalue weighted by Crippen LogP contribution is 2.31. The number of hydrogen-bond donors (Lipinski definition) is 1. The van der Waals surface area contributed by atoms with Gasteiger partial charge in [0.15, 0.2) is 0 Å². The zero-order chi connectivity index (χ0) is 25.8. The largest absolute Gasteiger partial charge is 0.371 e. The Balaban J connectivity index is 1.84. The van der Waals surface area contributed by atoms with Crippen LogP contribution in [-0.2, 0) is 26.2 Å². The lowest BCUT2D eigenvalue weighted by atomic mass is 9.87. The number of rotatable bonds is 9. The van der Waals surface area contributed by atoms with Crippen molar-refractivity contribution in [3.05, 3.63) is 23.8 Å². The van der Waals surface area contributed by atoms with Crippen molar-refractivity contribution in [1.29, 1.82) is 0 Å². The van der Waals surface area contributed by atoms with Crippen LogP contribution in [0.4, 0.5) is 5.69 Å². The van der Waals surface area contributed by atoms with E-state index in [-0.39, 0.29) is 16.7 Å². The van der Waals surface area contributed by atoms with Gasteiger partial charge in [-0.25, -0.2) is 13.1 Å². The van der Waals surface area contributed by atoms with Crippen LogP contribution in [0.25, 0.3) is 0 Å². The van der Waals surface area contributed by atoms with E-state index in [4.69, 9.17) is 0 Å². The summed E-state index contributed by atoms with van der Waals surface area (Å²) in [4.78, 5) is 31.8. The SMILES string of the molecule is CCN1CCN(Cc2cc(S(=O)(=O)NC(=O)C(C)C)ccc2N2CCC(C(=O)C(C)C)CC2)CC1. The molecule has 0 unspecified atom stereocenters. The quantitative estimate of drug-likeness (QED) is 0.551. The minimum atomic E-state index is -3.95. The van der Waals surface area contributed by atoms with E-state index in [0.717, 1.165) is 69.9 Å². The van der Waals surface area contributed by atoms with E-state index in [0.29, 0.717) is 12.3 Å². The minimum absolute atomic E-state index is 0.0504. The molecule has 1 amide bonds. The van der Waals surface area contributed by atoms with E-state index in [1.807, 2.05) is 19.9 Å². The Labute approximate surface area is 211 Å². The zero-order valence-electron chi connectivity index (χ0n) is 21.9. The Morgan fingerprint density at radius 3 is 2.09 bits per heavy atom. The third-order valence-corrected chi connectivity index (χ3v) is 8.58. The molecular formula is C26H42N4O4S. The Morgan fingerprint density at radius 1 is 0.943 bits per heavy atom. The predicted octanol–water partition coefficient (Wildman–Crippen LogP) is 2.73. The van der Waals surface area contributed by atoms with Gasteiger partial charge in [0.25, 0.3) is 10.0 Å². The fourth-order valence-corrected chi connectivity index (χ4v) is 6.02. The summed E-state index contributed by atoms with van der Waals surface area (Å²) < 4.78 is 28.1. The maximum Gasteiger partial charge on any atom is 0.264 e. The molecule has 2 heterocycles. The Morgan fingerprint density at radius 2 is 1.54 bits per heavy atom. The second-order valence-electron chi connectivity index (χ2n) is 10.4. The fraction of sp³-hybridized carbons (Fsp3) is 0.692. The van der Waals surface area contributed by atoms with Crippen molar-refractivity contribution in [3.8, 4) is 0 Å². The third kappa shape index (κ3) is 7.05. The molecule has 0 bridgehead atoms. The molecule has 0 radical (unpaired) electrons. The highest BCUT2D eigenvalue weighted by Gasteiger charge is 2.29. The number of likely N-dealkylation sites (N-methyl/N-ethyl adjacent to an activating group) is 1. The number of piperazine rings is 1. The average molecular weight is 507 g/mol. The standard InChI is InChI=1S/C26H42N4O4S/c1-6-28-13-15-29(16-14-28)18-22-17-23(35(33,34)27-26(32)20(4)5)7-8-24(22)30-11-9-21(10-12-30)25(31)19(2)3/h7-8,17,19-21H,6,9-16,18H2,1-5H3,(H,27,32). The molecular weight excluding hydrogens is 464 g/mol. The molecule has 35 heavy (non-hydrogen) atoms. The number of anilines is 1. The van der Waals surface area contributed by atoms with Gasteiger partial charge < -0.3 is 9.80 Å². The Hall–Kier alpha value is -1.97. The van der Waals surface area contributed by atoms with E-state index in [9.17, 15) is 18.0 Å². The summed E-state index contributed by atoms with van der Waals surface area (Å²) in [5.74, 6) is -0.449. The van der Waals surface area contributed by atoms with Gasteiger partial charge in [-0.2, -0.15) is 0 Å². The molecule has 8 nitrogen and oxygen atoms in total. The predicted molar refractivity (Wildman–Crippen MR) is 139 cm³/mol.